The first kappa shape index (κ1) is 19.3. The van der Waals surface area contributed by atoms with Crippen molar-refractivity contribution >= 4 is 28.9 Å². The van der Waals surface area contributed by atoms with Crippen LogP contribution in [-0.2, 0) is 6.54 Å². The quantitative estimate of drug-likeness (QED) is 0.618. The Kier molecular flexibility index (Phi) is 5.14. The highest BCUT2D eigenvalue weighted by molar-refractivity contribution is 6.12. The van der Waals surface area contributed by atoms with Crippen LogP contribution in [0.3, 0.4) is 0 Å². The normalized spacial score (nSPS) is 15.9. The van der Waals surface area contributed by atoms with Crippen LogP contribution < -0.4 is 15.5 Å². The lowest BCUT2D eigenvalue weighted by molar-refractivity contribution is -0.917. The minimum atomic E-state index is -0.176. The summed E-state index contributed by atoms with van der Waals surface area (Å²) in [5.41, 5.74) is 4.68. The van der Waals surface area contributed by atoms with Gasteiger partial charge in [-0.1, -0.05) is 42.5 Å². The number of rotatable bonds is 3. The molecule has 1 saturated heterocycles. The van der Waals surface area contributed by atoms with Crippen molar-refractivity contribution in [3.63, 3.8) is 0 Å². The van der Waals surface area contributed by atoms with E-state index in [0.717, 1.165) is 44.1 Å². The lowest BCUT2D eigenvalue weighted by Crippen LogP contribution is -3.13. The van der Waals surface area contributed by atoms with E-state index in [1.165, 1.54) is 10.5 Å². The third-order valence-electron chi connectivity index (χ3n) is 6.01. The van der Waals surface area contributed by atoms with Crippen LogP contribution in [0.4, 0.5) is 17.1 Å². The Morgan fingerprint density at radius 2 is 1.58 bits per heavy atom. The van der Waals surface area contributed by atoms with Gasteiger partial charge in [-0.2, -0.15) is 0 Å². The van der Waals surface area contributed by atoms with Gasteiger partial charge in [0.2, 0.25) is 0 Å². The van der Waals surface area contributed by atoms with Crippen molar-refractivity contribution in [3.8, 4) is 0 Å². The van der Waals surface area contributed by atoms with Crippen LogP contribution in [0, 0.1) is 0 Å². The van der Waals surface area contributed by atoms with Crippen molar-refractivity contribution in [3.05, 3.63) is 89.5 Å². The van der Waals surface area contributed by atoms with E-state index in [2.05, 4.69) is 34.9 Å². The molecular weight excluding hydrogens is 388 g/mol. The molecule has 0 aliphatic carbocycles. The first-order valence-corrected chi connectivity index (χ1v) is 10.7. The Hall–Kier alpha value is -3.64. The summed E-state index contributed by atoms with van der Waals surface area (Å²) in [5, 5.41) is 6.23. The number of piperazine rings is 1. The summed E-state index contributed by atoms with van der Waals surface area (Å²) in [7, 11) is 0. The minimum Gasteiger partial charge on any atom is -0.353 e. The van der Waals surface area contributed by atoms with E-state index in [1.54, 1.807) is 12.1 Å². The number of nitrogens with zero attached hydrogens (tertiary/aromatic N) is 1. The molecule has 6 heteroatoms. The fraction of sp³-hybridized carbons (Fsp3) is 0.200. The lowest BCUT2D eigenvalue weighted by Gasteiger charge is -2.32. The van der Waals surface area contributed by atoms with Crippen LogP contribution in [0.25, 0.3) is 0 Å². The fourth-order valence-corrected chi connectivity index (χ4v) is 4.28. The minimum absolute atomic E-state index is 0.0116. The Morgan fingerprint density at radius 3 is 2.39 bits per heavy atom. The van der Waals surface area contributed by atoms with Gasteiger partial charge >= 0.3 is 0 Å². The lowest BCUT2D eigenvalue weighted by atomic mass is 10.1. The molecule has 0 aromatic heterocycles. The molecule has 3 aromatic rings. The number of carbonyl (C=O) groups is 2. The van der Waals surface area contributed by atoms with Crippen molar-refractivity contribution in [1.82, 2.24) is 4.90 Å². The molecular formula is C25H25N4O2+. The summed E-state index contributed by atoms with van der Waals surface area (Å²) in [4.78, 5) is 29.1. The first-order valence-electron chi connectivity index (χ1n) is 10.7. The molecule has 31 heavy (non-hydrogen) atoms. The van der Waals surface area contributed by atoms with Gasteiger partial charge in [-0.25, -0.2) is 0 Å². The molecule has 156 valence electrons. The number of benzene rings is 3. The predicted molar refractivity (Wildman–Crippen MR) is 121 cm³/mol. The van der Waals surface area contributed by atoms with Gasteiger partial charge in [0.1, 0.15) is 6.54 Å². The van der Waals surface area contributed by atoms with Crippen LogP contribution in [0.1, 0.15) is 26.3 Å². The summed E-state index contributed by atoms with van der Waals surface area (Å²) in [6.07, 6.45) is 0. The molecule has 6 nitrogen and oxygen atoms in total. The summed E-state index contributed by atoms with van der Waals surface area (Å²) >= 11 is 0. The molecule has 0 saturated carbocycles. The number of hydrogen-bond acceptors (Lipinski definition) is 3. The van der Waals surface area contributed by atoms with E-state index in [1.807, 2.05) is 41.3 Å². The zero-order valence-corrected chi connectivity index (χ0v) is 17.2. The van der Waals surface area contributed by atoms with Gasteiger partial charge < -0.3 is 20.4 Å². The fourth-order valence-electron chi connectivity index (χ4n) is 4.28. The number of anilines is 3. The molecule has 2 heterocycles. The standard InChI is InChI=1S/C25H24N4O2/c30-24-20-8-4-5-9-21(20)26-22-11-10-19(16-23(22)27-24)25(31)29-14-12-28(13-15-29)17-18-6-2-1-3-7-18/h1-11,16,26H,12-15,17H2,(H,27,30)/p+1. The number of fused-ring (bicyclic) bond motifs is 2. The molecule has 2 aliphatic rings. The SMILES string of the molecule is O=C1Nc2cc(C(=O)N3CC[NH+](Cc4ccccc4)CC3)ccc2Nc2ccccc21. The average molecular weight is 414 g/mol. The second-order valence-corrected chi connectivity index (χ2v) is 8.09. The molecule has 3 N–H and O–H groups in total. The maximum absolute atomic E-state index is 13.1. The van der Waals surface area contributed by atoms with Gasteiger partial charge in [-0.15, -0.1) is 0 Å². The van der Waals surface area contributed by atoms with Crippen molar-refractivity contribution in [2.75, 3.05) is 36.8 Å². The van der Waals surface area contributed by atoms with E-state index in [-0.39, 0.29) is 11.8 Å². The summed E-state index contributed by atoms with van der Waals surface area (Å²) in [6, 6.07) is 23.3. The highest BCUT2D eigenvalue weighted by Gasteiger charge is 2.26. The summed E-state index contributed by atoms with van der Waals surface area (Å²) < 4.78 is 0. The Bertz CT molecular complexity index is 1120. The van der Waals surface area contributed by atoms with Gasteiger partial charge in [-0.3, -0.25) is 9.59 Å². The second-order valence-electron chi connectivity index (χ2n) is 8.09. The largest absolute Gasteiger partial charge is 0.353 e. The van der Waals surface area contributed by atoms with Crippen molar-refractivity contribution in [2.45, 2.75) is 6.54 Å². The Labute approximate surface area is 181 Å². The van der Waals surface area contributed by atoms with Gasteiger partial charge in [-0.05, 0) is 30.3 Å². The highest BCUT2D eigenvalue weighted by Crippen LogP contribution is 2.32. The zero-order chi connectivity index (χ0) is 21.2. The van der Waals surface area contributed by atoms with Crippen LogP contribution >= 0.6 is 0 Å². The number of para-hydroxylation sites is 1. The number of quaternary nitrogens is 1. The topological polar surface area (TPSA) is 65.9 Å². The first-order chi connectivity index (χ1) is 15.2. The monoisotopic (exact) mass is 413 g/mol. The maximum atomic E-state index is 13.1. The molecule has 0 unspecified atom stereocenters. The van der Waals surface area contributed by atoms with Crippen molar-refractivity contribution in [1.29, 1.82) is 0 Å². The molecule has 0 atom stereocenters. The molecule has 1 fully saturated rings. The van der Waals surface area contributed by atoms with Gasteiger partial charge in [0.25, 0.3) is 11.8 Å². The van der Waals surface area contributed by atoms with E-state index < -0.39 is 0 Å². The number of hydrogen-bond donors (Lipinski definition) is 3. The van der Waals surface area contributed by atoms with Gasteiger partial charge in [0.15, 0.2) is 0 Å². The highest BCUT2D eigenvalue weighted by atomic mass is 16.2. The van der Waals surface area contributed by atoms with Crippen molar-refractivity contribution in [2.24, 2.45) is 0 Å². The van der Waals surface area contributed by atoms with E-state index >= 15 is 0 Å². The van der Waals surface area contributed by atoms with Crippen LogP contribution in [0.2, 0.25) is 0 Å². The molecule has 0 spiro atoms. The van der Waals surface area contributed by atoms with Crippen LogP contribution in [0.5, 0.6) is 0 Å². The maximum Gasteiger partial charge on any atom is 0.257 e. The number of carbonyl (C=O) groups excluding carboxylic acids is 2. The summed E-state index contributed by atoms with van der Waals surface area (Å²) in [5.74, 6) is -0.165. The van der Waals surface area contributed by atoms with E-state index in [9.17, 15) is 9.59 Å². The third kappa shape index (κ3) is 4.02. The third-order valence-corrected chi connectivity index (χ3v) is 6.01. The zero-order valence-electron chi connectivity index (χ0n) is 17.2. The van der Waals surface area contributed by atoms with Gasteiger partial charge in [0.05, 0.1) is 48.8 Å². The van der Waals surface area contributed by atoms with E-state index in [4.69, 9.17) is 0 Å². The Morgan fingerprint density at radius 1 is 0.839 bits per heavy atom. The van der Waals surface area contributed by atoms with Crippen LogP contribution in [-0.4, -0.2) is 42.9 Å². The molecule has 2 aliphatic heterocycles. The molecule has 0 bridgehead atoms. The predicted octanol–water partition coefficient (Wildman–Crippen LogP) is 2.54. The molecule has 5 rings (SSSR count). The molecule has 3 aromatic carbocycles. The van der Waals surface area contributed by atoms with Gasteiger partial charge in [0, 0.05) is 11.1 Å². The molecule has 2 amide bonds. The number of amides is 2. The average Bonchev–Trinajstić information content (AvgIpc) is 2.95. The van der Waals surface area contributed by atoms with Crippen LogP contribution in [0.15, 0.2) is 72.8 Å². The smallest absolute Gasteiger partial charge is 0.257 e. The number of nitrogens with one attached hydrogen (secondary N) is 3. The Balaban J connectivity index is 1.27. The summed E-state index contributed by atoms with van der Waals surface area (Å²) in [6.45, 7) is 4.31. The van der Waals surface area contributed by atoms with E-state index in [0.29, 0.717) is 16.8 Å². The molecule has 0 radical (unpaired) electrons. The van der Waals surface area contributed by atoms with Crippen molar-refractivity contribution < 1.29 is 14.5 Å². The second kappa shape index (κ2) is 8.24.